The van der Waals surface area contributed by atoms with Crippen LogP contribution in [0.5, 0.6) is 0 Å². The Kier molecular flexibility index (Phi) is 6.12. The van der Waals surface area contributed by atoms with Crippen LogP contribution in [-0.2, 0) is 9.59 Å². The van der Waals surface area contributed by atoms with Gasteiger partial charge in [-0.2, -0.15) is 0 Å². The number of rotatable bonds is 5. The molecule has 6 heteroatoms. The van der Waals surface area contributed by atoms with E-state index in [-0.39, 0.29) is 17.9 Å². The predicted octanol–water partition coefficient (Wildman–Crippen LogP) is 1.66. The standard InChI is InChI=1S/C17H26N4O2/c1-12(21-9-5-8-16(11-21)18-3)17(23)20-15-7-4-6-14(10-15)19-13(2)22/h4,6-7,10,12,16,18H,5,8-9,11H2,1-3H3,(H,19,22)(H,20,23). The highest BCUT2D eigenvalue weighted by Crippen LogP contribution is 2.17. The zero-order valence-electron chi connectivity index (χ0n) is 14.1. The molecule has 1 aromatic rings. The number of likely N-dealkylation sites (tertiary alicyclic amines) is 1. The lowest BCUT2D eigenvalue weighted by Crippen LogP contribution is -2.51. The van der Waals surface area contributed by atoms with Crippen molar-refractivity contribution >= 4 is 23.2 Å². The molecule has 3 N–H and O–H groups in total. The molecule has 2 unspecified atom stereocenters. The molecule has 1 saturated heterocycles. The van der Waals surface area contributed by atoms with E-state index in [2.05, 4.69) is 20.9 Å². The number of nitrogens with zero attached hydrogens (tertiary/aromatic N) is 1. The van der Waals surface area contributed by atoms with E-state index >= 15 is 0 Å². The largest absolute Gasteiger partial charge is 0.326 e. The summed E-state index contributed by atoms with van der Waals surface area (Å²) in [5, 5.41) is 8.94. The molecule has 1 aromatic carbocycles. The molecule has 2 rings (SSSR count). The number of hydrogen-bond acceptors (Lipinski definition) is 4. The topological polar surface area (TPSA) is 73.5 Å². The Hall–Kier alpha value is -1.92. The SMILES string of the molecule is CNC1CCCN(C(C)C(=O)Nc2cccc(NC(C)=O)c2)C1. The lowest BCUT2D eigenvalue weighted by Gasteiger charge is -2.35. The van der Waals surface area contributed by atoms with Gasteiger partial charge in [0.05, 0.1) is 6.04 Å². The van der Waals surface area contributed by atoms with Gasteiger partial charge in [-0.25, -0.2) is 0 Å². The number of likely N-dealkylation sites (N-methyl/N-ethyl adjacent to an activating group) is 1. The normalized spacial score (nSPS) is 19.9. The third kappa shape index (κ3) is 5.04. The van der Waals surface area contributed by atoms with E-state index in [0.717, 1.165) is 25.9 Å². The van der Waals surface area contributed by atoms with Crippen LogP contribution in [0.15, 0.2) is 24.3 Å². The molecule has 2 atom stereocenters. The quantitative estimate of drug-likeness (QED) is 0.772. The van der Waals surface area contributed by atoms with Crippen LogP contribution in [0.2, 0.25) is 0 Å². The number of nitrogens with one attached hydrogen (secondary N) is 3. The average molecular weight is 318 g/mol. The number of benzene rings is 1. The van der Waals surface area contributed by atoms with E-state index < -0.39 is 0 Å². The van der Waals surface area contributed by atoms with Crippen molar-refractivity contribution in [2.24, 2.45) is 0 Å². The summed E-state index contributed by atoms with van der Waals surface area (Å²) in [7, 11) is 1.96. The zero-order chi connectivity index (χ0) is 16.8. The van der Waals surface area contributed by atoms with Gasteiger partial charge < -0.3 is 16.0 Å². The molecule has 1 aliphatic rings. The third-order valence-electron chi connectivity index (χ3n) is 4.24. The van der Waals surface area contributed by atoms with Crippen LogP contribution < -0.4 is 16.0 Å². The van der Waals surface area contributed by atoms with Crippen LogP contribution in [0.1, 0.15) is 26.7 Å². The maximum absolute atomic E-state index is 12.5. The Morgan fingerprint density at radius 3 is 2.61 bits per heavy atom. The van der Waals surface area contributed by atoms with Crippen molar-refractivity contribution < 1.29 is 9.59 Å². The number of hydrogen-bond donors (Lipinski definition) is 3. The maximum Gasteiger partial charge on any atom is 0.241 e. The molecule has 6 nitrogen and oxygen atoms in total. The fourth-order valence-corrected chi connectivity index (χ4v) is 2.88. The van der Waals surface area contributed by atoms with Gasteiger partial charge in [-0.15, -0.1) is 0 Å². The highest BCUT2D eigenvalue weighted by Gasteiger charge is 2.26. The Morgan fingerprint density at radius 1 is 1.26 bits per heavy atom. The third-order valence-corrected chi connectivity index (χ3v) is 4.24. The first kappa shape index (κ1) is 17.4. The molecule has 0 radical (unpaired) electrons. The number of carbonyl (C=O) groups excluding carboxylic acids is 2. The molecular formula is C17H26N4O2. The second-order valence-corrected chi connectivity index (χ2v) is 6.05. The van der Waals surface area contributed by atoms with Crippen LogP contribution >= 0.6 is 0 Å². The van der Waals surface area contributed by atoms with Gasteiger partial charge >= 0.3 is 0 Å². The molecule has 0 aliphatic carbocycles. The zero-order valence-corrected chi connectivity index (χ0v) is 14.1. The van der Waals surface area contributed by atoms with E-state index in [1.807, 2.05) is 26.1 Å². The summed E-state index contributed by atoms with van der Waals surface area (Å²) < 4.78 is 0. The molecule has 1 fully saturated rings. The van der Waals surface area contributed by atoms with Gasteiger partial charge in [0, 0.05) is 30.9 Å². The van der Waals surface area contributed by atoms with Crippen LogP contribution in [0, 0.1) is 0 Å². The minimum Gasteiger partial charge on any atom is -0.326 e. The lowest BCUT2D eigenvalue weighted by atomic mass is 10.0. The van der Waals surface area contributed by atoms with Crippen molar-refractivity contribution in [3.63, 3.8) is 0 Å². The first-order valence-corrected chi connectivity index (χ1v) is 8.09. The Balaban J connectivity index is 1.96. The van der Waals surface area contributed by atoms with Gasteiger partial charge in [0.1, 0.15) is 0 Å². The van der Waals surface area contributed by atoms with Crippen molar-refractivity contribution in [1.29, 1.82) is 0 Å². The van der Waals surface area contributed by atoms with E-state index in [9.17, 15) is 9.59 Å². The summed E-state index contributed by atoms with van der Waals surface area (Å²) in [6, 6.07) is 7.45. The van der Waals surface area contributed by atoms with E-state index in [0.29, 0.717) is 17.4 Å². The number of carbonyl (C=O) groups is 2. The fraction of sp³-hybridized carbons (Fsp3) is 0.529. The fourth-order valence-electron chi connectivity index (χ4n) is 2.88. The van der Waals surface area contributed by atoms with Crippen molar-refractivity contribution in [1.82, 2.24) is 10.2 Å². The van der Waals surface area contributed by atoms with Gasteiger partial charge in [0.25, 0.3) is 0 Å². The van der Waals surface area contributed by atoms with Crippen molar-refractivity contribution in [3.05, 3.63) is 24.3 Å². The minimum atomic E-state index is -0.185. The second kappa shape index (κ2) is 8.08. The van der Waals surface area contributed by atoms with Crippen molar-refractivity contribution in [2.45, 2.75) is 38.8 Å². The molecule has 23 heavy (non-hydrogen) atoms. The Bertz CT molecular complexity index is 561. The molecule has 126 valence electrons. The summed E-state index contributed by atoms with van der Waals surface area (Å²) in [6.07, 6.45) is 2.25. The van der Waals surface area contributed by atoms with Gasteiger partial charge in [-0.3, -0.25) is 14.5 Å². The molecule has 0 saturated carbocycles. The lowest BCUT2D eigenvalue weighted by molar-refractivity contribution is -0.121. The summed E-state index contributed by atoms with van der Waals surface area (Å²) in [5.74, 6) is -0.157. The molecule has 2 amide bonds. The molecule has 0 bridgehead atoms. The Morgan fingerprint density at radius 2 is 1.96 bits per heavy atom. The first-order chi connectivity index (χ1) is 11.0. The van der Waals surface area contributed by atoms with E-state index in [1.165, 1.54) is 6.92 Å². The molecular weight excluding hydrogens is 292 g/mol. The number of amides is 2. The Labute approximate surface area is 137 Å². The first-order valence-electron chi connectivity index (χ1n) is 8.09. The monoisotopic (exact) mass is 318 g/mol. The predicted molar refractivity (Wildman–Crippen MR) is 92.5 cm³/mol. The van der Waals surface area contributed by atoms with Crippen molar-refractivity contribution in [2.75, 3.05) is 30.8 Å². The number of piperidine rings is 1. The van der Waals surface area contributed by atoms with Gasteiger partial charge in [-0.05, 0) is 51.6 Å². The van der Waals surface area contributed by atoms with Crippen molar-refractivity contribution in [3.8, 4) is 0 Å². The number of anilines is 2. The van der Waals surface area contributed by atoms with Gasteiger partial charge in [-0.1, -0.05) is 6.07 Å². The summed E-state index contributed by atoms with van der Waals surface area (Å²) in [6.45, 7) is 5.22. The minimum absolute atomic E-state index is 0.0262. The van der Waals surface area contributed by atoms with Crippen LogP contribution in [0.4, 0.5) is 11.4 Å². The average Bonchev–Trinajstić information content (AvgIpc) is 2.54. The molecule has 1 heterocycles. The molecule has 1 aliphatic heterocycles. The van der Waals surface area contributed by atoms with Gasteiger partial charge in [0.15, 0.2) is 0 Å². The summed E-state index contributed by atoms with van der Waals surface area (Å²) in [5.41, 5.74) is 1.37. The van der Waals surface area contributed by atoms with Crippen LogP contribution in [0.3, 0.4) is 0 Å². The van der Waals surface area contributed by atoms with E-state index in [1.54, 1.807) is 12.1 Å². The highest BCUT2D eigenvalue weighted by atomic mass is 16.2. The van der Waals surface area contributed by atoms with E-state index in [4.69, 9.17) is 0 Å². The van der Waals surface area contributed by atoms with Gasteiger partial charge in [0.2, 0.25) is 11.8 Å². The maximum atomic E-state index is 12.5. The van der Waals surface area contributed by atoms with Crippen LogP contribution in [0.25, 0.3) is 0 Å². The highest BCUT2D eigenvalue weighted by molar-refractivity contribution is 5.96. The second-order valence-electron chi connectivity index (χ2n) is 6.05. The smallest absolute Gasteiger partial charge is 0.241 e. The summed E-state index contributed by atoms with van der Waals surface area (Å²) in [4.78, 5) is 25.8. The van der Waals surface area contributed by atoms with Crippen LogP contribution in [-0.4, -0.2) is 48.9 Å². The molecule has 0 spiro atoms. The summed E-state index contributed by atoms with van der Waals surface area (Å²) >= 11 is 0. The molecule has 0 aromatic heterocycles.